The number of hydrogen-bond acceptors (Lipinski definition) is 3. The average Bonchev–Trinajstić information content (AvgIpc) is 2.27. The lowest BCUT2D eigenvalue weighted by Gasteiger charge is -2.36. The van der Waals surface area contributed by atoms with Crippen molar-refractivity contribution in [3.05, 3.63) is 0 Å². The first kappa shape index (κ1) is 13.1. The van der Waals surface area contributed by atoms with E-state index in [9.17, 15) is 31.1 Å². The van der Waals surface area contributed by atoms with Gasteiger partial charge in [-0.25, -0.2) is 4.90 Å². The Bertz CT molecular complexity index is 295. The molecule has 0 amide bonds. The third kappa shape index (κ3) is 1.45. The summed E-state index contributed by atoms with van der Waals surface area (Å²) < 4.78 is 78.4. The van der Waals surface area contributed by atoms with Gasteiger partial charge in [0.1, 0.15) is 6.04 Å². The molecule has 1 heterocycles. The minimum atomic E-state index is -5.75. The summed E-state index contributed by atoms with van der Waals surface area (Å²) in [6, 6.07) is -1.61. The summed E-state index contributed by atoms with van der Waals surface area (Å²) in [7, 11) is 0.538. The summed E-state index contributed by atoms with van der Waals surface area (Å²) in [5.74, 6) is -1.56. The van der Waals surface area contributed by atoms with Crippen molar-refractivity contribution in [1.82, 2.24) is 4.90 Å². The van der Waals surface area contributed by atoms with E-state index in [1.54, 1.807) is 0 Å². The highest BCUT2D eigenvalue weighted by Gasteiger charge is 2.80. The molecule has 1 fully saturated rings. The van der Waals surface area contributed by atoms with Gasteiger partial charge in [-0.1, -0.05) is 0 Å². The Morgan fingerprint density at radius 2 is 1.56 bits per heavy atom. The third-order valence-corrected chi connectivity index (χ3v) is 2.44. The highest BCUT2D eigenvalue weighted by Crippen LogP contribution is 2.51. The zero-order valence-corrected chi connectivity index (χ0v) is 8.11. The summed E-state index contributed by atoms with van der Waals surface area (Å²) in [4.78, 5) is 10.7. The van der Waals surface area contributed by atoms with Crippen LogP contribution in [0.4, 0.5) is 26.3 Å². The average molecular weight is 251 g/mol. The molecule has 3 nitrogen and oxygen atoms in total. The second-order valence-corrected chi connectivity index (χ2v) is 3.35. The van der Waals surface area contributed by atoms with E-state index in [1.165, 1.54) is 0 Å². The number of esters is 1. The van der Waals surface area contributed by atoms with Crippen LogP contribution in [0.25, 0.3) is 0 Å². The summed E-state index contributed by atoms with van der Waals surface area (Å²) in [6.45, 7) is 0.904. The number of nitrogens with zero attached hydrogens (tertiary/aromatic N) is 1. The van der Waals surface area contributed by atoms with Gasteiger partial charge in [0.2, 0.25) is 0 Å². The van der Waals surface area contributed by atoms with Crippen LogP contribution in [0.3, 0.4) is 0 Å². The van der Waals surface area contributed by atoms with E-state index in [2.05, 4.69) is 4.74 Å². The van der Waals surface area contributed by atoms with Crippen molar-refractivity contribution in [3.63, 3.8) is 0 Å². The number of halogens is 6. The quantitative estimate of drug-likeness (QED) is 0.484. The predicted octanol–water partition coefficient (Wildman–Crippen LogP) is 1.68. The molecule has 0 bridgehead atoms. The molecule has 1 atom stereocenters. The zero-order valence-electron chi connectivity index (χ0n) is 8.11. The van der Waals surface area contributed by atoms with Crippen molar-refractivity contribution < 1.29 is 35.9 Å². The van der Waals surface area contributed by atoms with E-state index in [0.717, 1.165) is 6.92 Å². The molecule has 94 valence electrons. The maximum Gasteiger partial charge on any atom is 0.453 e. The van der Waals surface area contributed by atoms with E-state index < -0.39 is 30.1 Å². The van der Waals surface area contributed by atoms with E-state index in [0.29, 0.717) is 7.05 Å². The van der Waals surface area contributed by atoms with Crippen LogP contribution in [-0.4, -0.2) is 42.0 Å². The Hall–Kier alpha value is -0.990. The molecule has 0 aromatic carbocycles. The molecule has 0 aromatic heterocycles. The van der Waals surface area contributed by atoms with E-state index in [1.807, 2.05) is 0 Å². The molecule has 1 aliphatic rings. The van der Waals surface area contributed by atoms with Gasteiger partial charge < -0.3 is 4.74 Å². The summed E-state index contributed by atoms with van der Waals surface area (Å²) in [6.07, 6.45) is -11.5. The van der Waals surface area contributed by atoms with Crippen molar-refractivity contribution in [2.75, 3.05) is 7.05 Å². The monoisotopic (exact) mass is 251 g/mol. The summed E-state index contributed by atoms with van der Waals surface area (Å²) in [5.41, 5.74) is -4.55. The summed E-state index contributed by atoms with van der Waals surface area (Å²) in [5, 5.41) is 0. The Balaban J connectivity index is 3.35. The second-order valence-electron chi connectivity index (χ2n) is 3.35. The van der Waals surface area contributed by atoms with E-state index in [4.69, 9.17) is 0 Å². The van der Waals surface area contributed by atoms with Gasteiger partial charge in [0.15, 0.2) is 0 Å². The maximum absolute atomic E-state index is 12.5. The molecule has 9 heteroatoms. The fourth-order valence-electron chi connectivity index (χ4n) is 1.41. The van der Waals surface area contributed by atoms with E-state index >= 15 is 0 Å². The number of cyclic esters (lactones) is 1. The van der Waals surface area contributed by atoms with Gasteiger partial charge in [-0.15, -0.1) is 0 Å². The van der Waals surface area contributed by atoms with Crippen molar-refractivity contribution in [2.24, 2.45) is 0 Å². The topological polar surface area (TPSA) is 29.5 Å². The standard InChI is InChI=1S/C7H7F6NO2/c1-3-4(15)16-5(14(3)2,6(8,9)10)7(11,12)13/h3H,1-2H3/t3-/m0/s1. The molecule has 16 heavy (non-hydrogen) atoms. The van der Waals surface area contributed by atoms with Gasteiger partial charge in [-0.2, -0.15) is 26.3 Å². The van der Waals surface area contributed by atoms with E-state index in [-0.39, 0.29) is 4.90 Å². The lowest BCUT2D eigenvalue weighted by atomic mass is 10.1. The smallest absolute Gasteiger partial charge is 0.423 e. The Morgan fingerprint density at radius 3 is 1.69 bits per heavy atom. The molecule has 0 aliphatic carbocycles. The molecule has 1 aliphatic heterocycles. The number of rotatable bonds is 0. The van der Waals surface area contributed by atoms with Crippen molar-refractivity contribution >= 4 is 5.97 Å². The van der Waals surface area contributed by atoms with Crippen molar-refractivity contribution in [2.45, 2.75) is 31.0 Å². The number of hydrogen-bond donors (Lipinski definition) is 0. The lowest BCUT2D eigenvalue weighted by Crippen LogP contribution is -2.65. The van der Waals surface area contributed by atoms with Gasteiger partial charge in [-0.3, -0.25) is 4.79 Å². The minimum absolute atomic E-state index is 0.171. The minimum Gasteiger partial charge on any atom is -0.423 e. The SMILES string of the molecule is C[C@H]1C(=O)OC(C(F)(F)F)(C(F)(F)F)N1C. The van der Waals surface area contributed by atoms with Gasteiger partial charge >= 0.3 is 24.0 Å². The molecular weight excluding hydrogens is 244 g/mol. The fraction of sp³-hybridized carbons (Fsp3) is 0.857. The number of ether oxygens (including phenoxy) is 1. The Labute approximate surface area is 86.0 Å². The second kappa shape index (κ2) is 3.25. The molecule has 1 rings (SSSR count). The van der Waals surface area contributed by atoms with Gasteiger partial charge in [0.25, 0.3) is 0 Å². The Morgan fingerprint density at radius 1 is 1.19 bits per heavy atom. The molecular formula is C7H7F6NO2. The first-order chi connectivity index (χ1) is 6.95. The Kier molecular flexibility index (Phi) is 2.66. The molecule has 0 spiro atoms. The molecule has 0 radical (unpaired) electrons. The molecule has 0 saturated carbocycles. The highest BCUT2D eigenvalue weighted by atomic mass is 19.4. The van der Waals surface area contributed by atoms with Crippen LogP contribution in [-0.2, 0) is 9.53 Å². The lowest BCUT2D eigenvalue weighted by molar-refractivity contribution is -0.398. The highest BCUT2D eigenvalue weighted by molar-refractivity contribution is 5.78. The van der Waals surface area contributed by atoms with Crippen molar-refractivity contribution in [3.8, 4) is 0 Å². The largest absolute Gasteiger partial charge is 0.453 e. The molecule has 1 saturated heterocycles. The summed E-state index contributed by atoms with van der Waals surface area (Å²) >= 11 is 0. The first-order valence-corrected chi connectivity index (χ1v) is 4.04. The first-order valence-electron chi connectivity index (χ1n) is 4.04. The van der Waals surface area contributed by atoms with Gasteiger partial charge in [0.05, 0.1) is 0 Å². The van der Waals surface area contributed by atoms with Gasteiger partial charge in [-0.05, 0) is 14.0 Å². The van der Waals surface area contributed by atoms with Crippen LogP contribution in [0.2, 0.25) is 0 Å². The van der Waals surface area contributed by atoms with Crippen LogP contribution in [0, 0.1) is 0 Å². The zero-order chi connectivity index (χ0) is 12.9. The number of alkyl halides is 6. The van der Waals surface area contributed by atoms with Crippen LogP contribution < -0.4 is 0 Å². The number of carbonyl (C=O) groups is 1. The number of likely N-dealkylation sites (N-methyl/N-ethyl adjacent to an activating group) is 1. The predicted molar refractivity (Wildman–Crippen MR) is 38.2 cm³/mol. The van der Waals surface area contributed by atoms with Crippen LogP contribution >= 0.6 is 0 Å². The van der Waals surface area contributed by atoms with Crippen molar-refractivity contribution in [1.29, 1.82) is 0 Å². The van der Waals surface area contributed by atoms with Crippen LogP contribution in [0.1, 0.15) is 6.92 Å². The maximum atomic E-state index is 12.5. The fourth-order valence-corrected chi connectivity index (χ4v) is 1.41. The van der Waals surface area contributed by atoms with Gasteiger partial charge in [0, 0.05) is 0 Å². The van der Waals surface area contributed by atoms with Crippen LogP contribution in [0.5, 0.6) is 0 Å². The molecule has 0 N–H and O–H groups in total. The normalized spacial score (nSPS) is 27.0. The molecule has 0 aromatic rings. The molecule has 0 unspecified atom stereocenters. The third-order valence-electron chi connectivity index (χ3n) is 2.44. The number of carbonyl (C=O) groups excluding carboxylic acids is 1. The van der Waals surface area contributed by atoms with Crippen LogP contribution in [0.15, 0.2) is 0 Å².